The summed E-state index contributed by atoms with van der Waals surface area (Å²) in [6, 6.07) is 4.02. The van der Waals surface area contributed by atoms with Crippen molar-refractivity contribution in [3.63, 3.8) is 0 Å². The predicted octanol–water partition coefficient (Wildman–Crippen LogP) is 2.06. The molecule has 0 heterocycles. The van der Waals surface area contributed by atoms with Crippen molar-refractivity contribution in [1.29, 1.82) is 0 Å². The van der Waals surface area contributed by atoms with Crippen LogP contribution in [0.1, 0.15) is 19.3 Å². The van der Waals surface area contributed by atoms with E-state index in [2.05, 4.69) is 5.32 Å². The van der Waals surface area contributed by atoms with Crippen molar-refractivity contribution in [2.24, 2.45) is 5.92 Å². The van der Waals surface area contributed by atoms with Gasteiger partial charge in [0.05, 0.1) is 4.92 Å². The van der Waals surface area contributed by atoms with Gasteiger partial charge in [0.15, 0.2) is 4.90 Å². The maximum Gasteiger partial charge on any atom is 0.289 e. The Kier molecular flexibility index (Phi) is 4.48. The lowest BCUT2D eigenvalue weighted by Gasteiger charge is -2.29. The lowest BCUT2D eigenvalue weighted by molar-refractivity contribution is -0.387. The number of benzene rings is 1. The van der Waals surface area contributed by atoms with E-state index in [1.54, 1.807) is 7.05 Å². The van der Waals surface area contributed by atoms with Gasteiger partial charge >= 0.3 is 0 Å². The standard InChI is InChI=1S/C13H19N3O4S/c1-14-11-6-7-12(16(17)18)13(8-11)21(19,20)15(2)9-10-4-3-5-10/h6-8,10,14H,3-5,9H2,1-2H3. The Morgan fingerprint density at radius 1 is 1.43 bits per heavy atom. The van der Waals surface area contributed by atoms with Crippen molar-refractivity contribution in [3.05, 3.63) is 28.3 Å². The van der Waals surface area contributed by atoms with Gasteiger partial charge in [-0.15, -0.1) is 0 Å². The molecule has 0 spiro atoms. The third kappa shape index (κ3) is 3.16. The van der Waals surface area contributed by atoms with Crippen LogP contribution in [0.25, 0.3) is 0 Å². The molecule has 7 nitrogen and oxygen atoms in total. The minimum atomic E-state index is -3.87. The second kappa shape index (κ2) is 5.98. The monoisotopic (exact) mass is 313 g/mol. The molecule has 1 aromatic rings. The number of nitro benzene ring substituents is 1. The van der Waals surface area contributed by atoms with Crippen LogP contribution in [0.15, 0.2) is 23.1 Å². The Bertz CT molecular complexity index is 641. The smallest absolute Gasteiger partial charge is 0.289 e. The van der Waals surface area contributed by atoms with E-state index in [0.717, 1.165) is 19.3 Å². The first-order chi connectivity index (χ1) is 9.86. The van der Waals surface area contributed by atoms with Gasteiger partial charge in [0.25, 0.3) is 5.69 Å². The van der Waals surface area contributed by atoms with E-state index in [4.69, 9.17) is 0 Å². The molecule has 0 bridgehead atoms. The van der Waals surface area contributed by atoms with Gasteiger partial charge in [-0.05, 0) is 30.9 Å². The van der Waals surface area contributed by atoms with E-state index in [9.17, 15) is 18.5 Å². The van der Waals surface area contributed by atoms with Crippen LogP contribution in [-0.4, -0.2) is 38.3 Å². The highest BCUT2D eigenvalue weighted by Gasteiger charge is 2.32. The van der Waals surface area contributed by atoms with E-state index in [-0.39, 0.29) is 4.90 Å². The Morgan fingerprint density at radius 2 is 2.10 bits per heavy atom. The molecule has 0 amide bonds. The van der Waals surface area contributed by atoms with Gasteiger partial charge in [0, 0.05) is 32.4 Å². The van der Waals surface area contributed by atoms with Crippen molar-refractivity contribution < 1.29 is 13.3 Å². The minimum Gasteiger partial charge on any atom is -0.388 e. The Labute approximate surface area is 124 Å². The van der Waals surface area contributed by atoms with Gasteiger partial charge in [-0.2, -0.15) is 0 Å². The zero-order valence-electron chi connectivity index (χ0n) is 12.1. The number of sulfonamides is 1. The van der Waals surface area contributed by atoms with E-state index >= 15 is 0 Å². The second-order valence-corrected chi connectivity index (χ2v) is 7.29. The summed E-state index contributed by atoms with van der Waals surface area (Å²) in [5, 5.41) is 13.9. The summed E-state index contributed by atoms with van der Waals surface area (Å²) >= 11 is 0. The van der Waals surface area contributed by atoms with Gasteiger partial charge in [0.2, 0.25) is 10.0 Å². The largest absolute Gasteiger partial charge is 0.388 e. The van der Waals surface area contributed by atoms with Crippen molar-refractivity contribution in [1.82, 2.24) is 4.31 Å². The fraction of sp³-hybridized carbons (Fsp3) is 0.538. The Morgan fingerprint density at radius 3 is 2.57 bits per heavy atom. The van der Waals surface area contributed by atoms with Crippen LogP contribution in [0, 0.1) is 16.0 Å². The molecule has 0 unspecified atom stereocenters. The van der Waals surface area contributed by atoms with Crippen LogP contribution < -0.4 is 5.32 Å². The lowest BCUT2D eigenvalue weighted by Crippen LogP contribution is -2.34. The second-order valence-electron chi connectivity index (χ2n) is 5.27. The van der Waals surface area contributed by atoms with Crippen LogP contribution in [-0.2, 0) is 10.0 Å². The molecule has 1 aliphatic rings. The number of hydrogen-bond donors (Lipinski definition) is 1. The number of anilines is 1. The highest BCUT2D eigenvalue weighted by Crippen LogP contribution is 2.32. The number of nitro groups is 1. The summed E-state index contributed by atoms with van der Waals surface area (Å²) in [7, 11) is -0.757. The zero-order valence-corrected chi connectivity index (χ0v) is 12.9. The average Bonchev–Trinajstić information content (AvgIpc) is 2.41. The van der Waals surface area contributed by atoms with Crippen LogP contribution in [0.2, 0.25) is 0 Å². The highest BCUT2D eigenvalue weighted by atomic mass is 32.2. The van der Waals surface area contributed by atoms with E-state index in [0.29, 0.717) is 18.2 Å². The van der Waals surface area contributed by atoms with Crippen LogP contribution in [0.5, 0.6) is 0 Å². The van der Waals surface area contributed by atoms with Gasteiger partial charge in [-0.3, -0.25) is 10.1 Å². The lowest BCUT2D eigenvalue weighted by atomic mass is 9.86. The minimum absolute atomic E-state index is 0.263. The first kappa shape index (κ1) is 15.7. The number of nitrogens with zero attached hydrogens (tertiary/aromatic N) is 2. The first-order valence-corrected chi connectivity index (χ1v) is 8.23. The van der Waals surface area contributed by atoms with Crippen molar-refractivity contribution in [2.45, 2.75) is 24.2 Å². The molecule has 1 saturated carbocycles. The molecule has 0 aliphatic heterocycles. The van der Waals surface area contributed by atoms with Crippen LogP contribution >= 0.6 is 0 Å². The summed E-state index contributed by atoms with van der Waals surface area (Å²) in [4.78, 5) is 10.2. The molecule has 1 fully saturated rings. The maximum absolute atomic E-state index is 12.6. The SMILES string of the molecule is CNc1ccc([N+](=O)[O-])c(S(=O)(=O)N(C)CC2CCC2)c1. The van der Waals surface area contributed by atoms with Gasteiger partial charge in [-0.25, -0.2) is 12.7 Å². The van der Waals surface area contributed by atoms with E-state index in [1.807, 2.05) is 0 Å². The van der Waals surface area contributed by atoms with Crippen molar-refractivity contribution in [3.8, 4) is 0 Å². The van der Waals surface area contributed by atoms with Crippen molar-refractivity contribution in [2.75, 3.05) is 26.0 Å². The first-order valence-electron chi connectivity index (χ1n) is 6.79. The summed E-state index contributed by atoms with van der Waals surface area (Å²) < 4.78 is 26.4. The summed E-state index contributed by atoms with van der Waals surface area (Å²) in [5.74, 6) is 0.358. The van der Waals surface area contributed by atoms with Crippen LogP contribution in [0.3, 0.4) is 0 Å². The molecular formula is C13H19N3O4S. The molecule has 21 heavy (non-hydrogen) atoms. The third-order valence-electron chi connectivity index (χ3n) is 3.87. The fourth-order valence-corrected chi connectivity index (χ4v) is 3.76. The van der Waals surface area contributed by atoms with E-state index < -0.39 is 20.6 Å². The summed E-state index contributed by atoms with van der Waals surface area (Å²) in [5.41, 5.74) is 0.130. The summed E-state index contributed by atoms with van der Waals surface area (Å²) in [6.07, 6.45) is 3.14. The fourth-order valence-electron chi connectivity index (χ4n) is 2.33. The quantitative estimate of drug-likeness (QED) is 0.641. The predicted molar refractivity (Wildman–Crippen MR) is 79.8 cm³/mol. The van der Waals surface area contributed by atoms with Crippen LogP contribution in [0.4, 0.5) is 11.4 Å². The normalized spacial score (nSPS) is 15.8. The molecule has 0 aromatic heterocycles. The molecular weight excluding hydrogens is 294 g/mol. The zero-order chi connectivity index (χ0) is 15.6. The number of nitrogens with one attached hydrogen (secondary N) is 1. The maximum atomic E-state index is 12.6. The molecule has 0 atom stereocenters. The number of hydrogen-bond acceptors (Lipinski definition) is 5. The average molecular weight is 313 g/mol. The van der Waals surface area contributed by atoms with E-state index in [1.165, 1.54) is 29.6 Å². The molecule has 116 valence electrons. The molecule has 8 heteroatoms. The molecule has 1 N–H and O–H groups in total. The highest BCUT2D eigenvalue weighted by molar-refractivity contribution is 7.89. The molecule has 0 radical (unpaired) electrons. The Hall–Kier alpha value is -1.67. The molecule has 1 aromatic carbocycles. The molecule has 2 rings (SSSR count). The van der Waals surface area contributed by atoms with Gasteiger partial charge < -0.3 is 5.32 Å². The summed E-state index contributed by atoms with van der Waals surface area (Å²) in [6.45, 7) is 0.406. The Balaban J connectivity index is 2.38. The van der Waals surface area contributed by atoms with Crippen molar-refractivity contribution >= 4 is 21.4 Å². The van der Waals surface area contributed by atoms with Gasteiger partial charge in [-0.1, -0.05) is 6.42 Å². The molecule has 0 saturated heterocycles. The third-order valence-corrected chi connectivity index (χ3v) is 5.73. The molecule has 1 aliphatic carbocycles. The topological polar surface area (TPSA) is 92.5 Å². The van der Waals surface area contributed by atoms with Gasteiger partial charge in [0.1, 0.15) is 0 Å². The number of rotatable bonds is 6.